The van der Waals surface area contributed by atoms with Crippen LogP contribution in [0.25, 0.3) is 0 Å². The molecule has 0 spiro atoms. The number of sulfonamides is 1. The van der Waals surface area contributed by atoms with Gasteiger partial charge in [-0.2, -0.15) is 0 Å². The van der Waals surface area contributed by atoms with Gasteiger partial charge in [-0.05, 0) is 19.1 Å². The molecule has 1 unspecified atom stereocenters. The predicted octanol–water partition coefficient (Wildman–Crippen LogP) is 1.32. The smallest absolute Gasteiger partial charge is 0.212 e. The molecule has 108 valence electrons. The second-order valence-corrected chi connectivity index (χ2v) is 7.16. The van der Waals surface area contributed by atoms with Crippen LogP contribution in [0.1, 0.15) is 6.92 Å². The highest BCUT2D eigenvalue weighted by Crippen LogP contribution is 2.24. The van der Waals surface area contributed by atoms with E-state index in [2.05, 4.69) is 4.72 Å². The molecule has 0 saturated heterocycles. The first-order chi connectivity index (χ1) is 8.94. The van der Waals surface area contributed by atoms with Crippen molar-refractivity contribution in [3.8, 4) is 0 Å². The molecule has 0 heterocycles. The summed E-state index contributed by atoms with van der Waals surface area (Å²) >= 11 is 1.44. The average molecular weight is 304 g/mol. The Bertz CT molecular complexity index is 492. The van der Waals surface area contributed by atoms with Crippen molar-refractivity contribution in [1.29, 1.82) is 0 Å². The van der Waals surface area contributed by atoms with Crippen molar-refractivity contribution in [2.45, 2.75) is 17.9 Å². The number of thioether (sulfide) groups is 1. The summed E-state index contributed by atoms with van der Waals surface area (Å²) in [6, 6.07) is 7.41. The molecule has 1 rings (SSSR count). The van der Waals surface area contributed by atoms with Gasteiger partial charge in [-0.15, -0.1) is 11.8 Å². The molecule has 19 heavy (non-hydrogen) atoms. The van der Waals surface area contributed by atoms with Crippen LogP contribution in [0.4, 0.5) is 5.69 Å². The molecule has 5 nitrogen and oxygen atoms in total. The Morgan fingerprint density at radius 2 is 2.11 bits per heavy atom. The molecule has 0 saturated carbocycles. The van der Waals surface area contributed by atoms with Crippen molar-refractivity contribution in [1.82, 2.24) is 4.72 Å². The van der Waals surface area contributed by atoms with Gasteiger partial charge in [0.2, 0.25) is 10.0 Å². The van der Waals surface area contributed by atoms with E-state index in [9.17, 15) is 8.42 Å². The van der Waals surface area contributed by atoms with E-state index >= 15 is 0 Å². The summed E-state index contributed by atoms with van der Waals surface area (Å²) in [5.41, 5.74) is 6.46. The standard InChI is InChI=1S/C12H20N2O3S2/c1-10(17-2)9-14-19(15,16)8-7-18-12-6-4-3-5-11(12)13/h3-6,10,14H,7-9,13H2,1-2H3. The number of benzene rings is 1. The van der Waals surface area contributed by atoms with Gasteiger partial charge in [-0.3, -0.25) is 0 Å². The van der Waals surface area contributed by atoms with Crippen molar-refractivity contribution in [3.63, 3.8) is 0 Å². The molecule has 7 heteroatoms. The molecule has 0 aliphatic carbocycles. The number of anilines is 1. The zero-order valence-corrected chi connectivity index (χ0v) is 12.8. The summed E-state index contributed by atoms with van der Waals surface area (Å²) in [5.74, 6) is 0.521. The van der Waals surface area contributed by atoms with Crippen LogP contribution >= 0.6 is 11.8 Å². The van der Waals surface area contributed by atoms with Crippen molar-refractivity contribution in [3.05, 3.63) is 24.3 Å². The predicted molar refractivity (Wildman–Crippen MR) is 79.8 cm³/mol. The minimum atomic E-state index is -3.26. The molecule has 3 N–H and O–H groups in total. The molecule has 1 aromatic rings. The minimum Gasteiger partial charge on any atom is -0.398 e. The van der Waals surface area contributed by atoms with Crippen LogP contribution in [-0.2, 0) is 14.8 Å². The second kappa shape index (κ2) is 7.74. The lowest BCUT2D eigenvalue weighted by Gasteiger charge is -2.11. The number of methoxy groups -OCH3 is 1. The highest BCUT2D eigenvalue weighted by atomic mass is 32.2. The summed E-state index contributed by atoms with van der Waals surface area (Å²) in [6.07, 6.45) is -0.132. The van der Waals surface area contributed by atoms with Crippen LogP contribution in [0.15, 0.2) is 29.2 Å². The van der Waals surface area contributed by atoms with Gasteiger partial charge in [-0.1, -0.05) is 12.1 Å². The van der Waals surface area contributed by atoms with E-state index < -0.39 is 10.0 Å². The number of nitrogens with two attached hydrogens (primary N) is 1. The fourth-order valence-corrected chi connectivity index (χ4v) is 3.75. The molecule has 0 bridgehead atoms. The summed E-state index contributed by atoms with van der Waals surface area (Å²) in [7, 11) is -1.71. The number of nitrogens with one attached hydrogen (secondary N) is 1. The van der Waals surface area contributed by atoms with E-state index in [1.165, 1.54) is 11.8 Å². The third-order valence-corrected chi connectivity index (χ3v) is 5.22. The molecule has 0 fully saturated rings. The Kier molecular flexibility index (Phi) is 6.64. The first-order valence-corrected chi connectivity index (χ1v) is 8.56. The Labute approximate surface area is 119 Å². The van der Waals surface area contributed by atoms with Crippen LogP contribution in [-0.4, -0.2) is 39.7 Å². The van der Waals surface area contributed by atoms with Crippen LogP contribution in [0, 0.1) is 0 Å². The van der Waals surface area contributed by atoms with Crippen LogP contribution in [0.3, 0.4) is 0 Å². The van der Waals surface area contributed by atoms with E-state index in [-0.39, 0.29) is 18.4 Å². The van der Waals surface area contributed by atoms with Crippen LogP contribution < -0.4 is 10.5 Å². The molecular formula is C12H20N2O3S2. The topological polar surface area (TPSA) is 81.4 Å². The largest absolute Gasteiger partial charge is 0.398 e. The Morgan fingerprint density at radius 3 is 2.74 bits per heavy atom. The first-order valence-electron chi connectivity index (χ1n) is 5.92. The molecule has 1 aromatic carbocycles. The SMILES string of the molecule is COC(C)CNS(=O)(=O)CCSc1ccccc1N. The highest BCUT2D eigenvalue weighted by Gasteiger charge is 2.12. The maximum absolute atomic E-state index is 11.7. The summed E-state index contributed by atoms with van der Waals surface area (Å²) in [6.45, 7) is 2.10. The van der Waals surface area contributed by atoms with Gasteiger partial charge in [0.15, 0.2) is 0 Å². The number of ether oxygens (including phenoxy) is 1. The van der Waals surface area contributed by atoms with E-state index in [4.69, 9.17) is 10.5 Å². The van der Waals surface area contributed by atoms with Gasteiger partial charge in [-0.25, -0.2) is 13.1 Å². The monoisotopic (exact) mass is 304 g/mol. The van der Waals surface area contributed by atoms with E-state index in [0.29, 0.717) is 11.4 Å². The van der Waals surface area contributed by atoms with Gasteiger partial charge >= 0.3 is 0 Å². The molecule has 0 aromatic heterocycles. The van der Waals surface area contributed by atoms with Gasteiger partial charge in [0.1, 0.15) is 0 Å². The van der Waals surface area contributed by atoms with Gasteiger partial charge in [0.25, 0.3) is 0 Å². The summed E-state index contributed by atoms with van der Waals surface area (Å²) in [5, 5.41) is 0. The van der Waals surface area contributed by atoms with Crippen LogP contribution in [0.2, 0.25) is 0 Å². The summed E-state index contributed by atoms with van der Waals surface area (Å²) < 4.78 is 30.9. The number of rotatable bonds is 8. The molecule has 0 aliphatic heterocycles. The number of hydrogen-bond donors (Lipinski definition) is 2. The zero-order chi connectivity index (χ0) is 14.3. The van der Waals surface area contributed by atoms with Crippen molar-refractivity contribution >= 4 is 27.5 Å². The van der Waals surface area contributed by atoms with E-state index in [0.717, 1.165) is 4.90 Å². The maximum Gasteiger partial charge on any atom is 0.212 e. The lowest BCUT2D eigenvalue weighted by Crippen LogP contribution is -2.33. The molecule has 1 atom stereocenters. The minimum absolute atomic E-state index is 0.0580. The average Bonchev–Trinajstić information content (AvgIpc) is 2.38. The fourth-order valence-electron chi connectivity index (χ4n) is 1.27. The second-order valence-electron chi connectivity index (χ2n) is 4.10. The molecule has 0 amide bonds. The number of hydrogen-bond acceptors (Lipinski definition) is 5. The van der Waals surface area contributed by atoms with E-state index in [1.54, 1.807) is 13.2 Å². The maximum atomic E-state index is 11.7. The third-order valence-electron chi connectivity index (χ3n) is 2.52. The first kappa shape index (κ1) is 16.3. The zero-order valence-electron chi connectivity index (χ0n) is 11.1. The third kappa shape index (κ3) is 6.29. The normalized spacial score (nSPS) is 13.4. The van der Waals surface area contributed by atoms with Gasteiger partial charge < -0.3 is 10.5 Å². The Morgan fingerprint density at radius 1 is 1.42 bits per heavy atom. The van der Waals surface area contributed by atoms with E-state index in [1.807, 2.05) is 25.1 Å². The lowest BCUT2D eigenvalue weighted by molar-refractivity contribution is 0.122. The van der Waals surface area contributed by atoms with Crippen LogP contribution in [0.5, 0.6) is 0 Å². The van der Waals surface area contributed by atoms with Crippen molar-refractivity contribution < 1.29 is 13.2 Å². The molecule has 0 radical (unpaired) electrons. The molecule has 0 aliphatic rings. The van der Waals surface area contributed by atoms with Gasteiger partial charge in [0.05, 0.1) is 11.9 Å². The number of para-hydroxylation sites is 1. The molecular weight excluding hydrogens is 284 g/mol. The van der Waals surface area contributed by atoms with Crippen molar-refractivity contribution in [2.75, 3.05) is 30.9 Å². The fraction of sp³-hybridized carbons (Fsp3) is 0.500. The number of nitrogen functional groups attached to an aromatic ring is 1. The lowest BCUT2D eigenvalue weighted by atomic mass is 10.3. The van der Waals surface area contributed by atoms with Gasteiger partial charge in [0, 0.05) is 30.0 Å². The highest BCUT2D eigenvalue weighted by molar-refractivity contribution is 8.00. The van der Waals surface area contributed by atoms with Crippen molar-refractivity contribution in [2.24, 2.45) is 0 Å². The Hall–Kier alpha value is -0.760. The quantitative estimate of drug-likeness (QED) is 0.559. The summed E-state index contributed by atoms with van der Waals surface area (Å²) in [4.78, 5) is 0.906. The Balaban J connectivity index is 2.38.